The van der Waals surface area contributed by atoms with E-state index in [1.807, 2.05) is 18.7 Å². The average molecular weight is 286 g/mol. The summed E-state index contributed by atoms with van der Waals surface area (Å²) >= 11 is 0. The summed E-state index contributed by atoms with van der Waals surface area (Å²) in [6.07, 6.45) is -1.02. The Morgan fingerprint density at radius 3 is 2.75 bits per heavy atom. The zero-order valence-electron chi connectivity index (χ0n) is 11.7. The molecule has 0 aliphatic rings. The van der Waals surface area contributed by atoms with Gasteiger partial charge in [0.2, 0.25) is 5.88 Å². The number of halogens is 2. The molecule has 0 atom stereocenters. The lowest BCUT2D eigenvalue weighted by molar-refractivity contribution is 0.0795. The number of nitrogens with two attached hydrogens (primary N) is 1. The van der Waals surface area contributed by atoms with Gasteiger partial charge in [0.1, 0.15) is 0 Å². The summed E-state index contributed by atoms with van der Waals surface area (Å²) in [6.45, 7) is 5.25. The van der Waals surface area contributed by atoms with Crippen molar-refractivity contribution in [2.75, 3.05) is 19.7 Å². The topological polar surface area (TPSA) is 63.7 Å². The summed E-state index contributed by atoms with van der Waals surface area (Å²) in [7, 11) is 0. The van der Waals surface area contributed by atoms with E-state index in [-0.39, 0.29) is 5.88 Å². The van der Waals surface area contributed by atoms with Crippen LogP contribution in [0.4, 0.5) is 8.78 Å². The Morgan fingerprint density at radius 1 is 1.45 bits per heavy atom. The van der Waals surface area contributed by atoms with E-state index in [1.54, 1.807) is 12.1 Å². The minimum Gasteiger partial charge on any atom is -0.472 e. The van der Waals surface area contributed by atoms with Crippen molar-refractivity contribution in [1.29, 1.82) is 0 Å². The first-order valence-corrected chi connectivity index (χ1v) is 6.47. The molecule has 20 heavy (non-hydrogen) atoms. The van der Waals surface area contributed by atoms with Crippen molar-refractivity contribution in [3.05, 3.63) is 23.9 Å². The average Bonchev–Trinajstić information content (AvgIpc) is 2.44. The summed E-state index contributed by atoms with van der Waals surface area (Å²) in [5.41, 5.74) is 6.66. The van der Waals surface area contributed by atoms with Gasteiger partial charge in [-0.2, -0.15) is 0 Å². The SMILES string of the molecule is CCN(CC)C(N)=NCc1ccnc(OCC(F)F)c1. The number of alkyl halides is 2. The molecular formula is C13H20F2N4O. The molecule has 0 radical (unpaired) electrons. The van der Waals surface area contributed by atoms with Crippen LogP contribution in [0.15, 0.2) is 23.3 Å². The van der Waals surface area contributed by atoms with Crippen LogP contribution in [0.1, 0.15) is 19.4 Å². The van der Waals surface area contributed by atoms with Gasteiger partial charge in [-0.1, -0.05) is 0 Å². The highest BCUT2D eigenvalue weighted by molar-refractivity contribution is 5.77. The third-order valence-electron chi connectivity index (χ3n) is 2.67. The Hall–Kier alpha value is -1.92. The van der Waals surface area contributed by atoms with Crippen LogP contribution in [-0.4, -0.2) is 42.0 Å². The van der Waals surface area contributed by atoms with Crippen molar-refractivity contribution < 1.29 is 13.5 Å². The van der Waals surface area contributed by atoms with Crippen LogP contribution in [0.5, 0.6) is 5.88 Å². The maximum absolute atomic E-state index is 12.0. The second-order valence-electron chi connectivity index (χ2n) is 4.05. The van der Waals surface area contributed by atoms with Crippen LogP contribution in [0.3, 0.4) is 0 Å². The molecule has 0 aromatic carbocycles. The maximum atomic E-state index is 12.0. The number of guanidine groups is 1. The molecule has 1 rings (SSSR count). The lowest BCUT2D eigenvalue weighted by atomic mass is 10.3. The number of pyridine rings is 1. The molecule has 0 saturated heterocycles. The number of hydrogen-bond donors (Lipinski definition) is 1. The molecule has 0 unspecified atom stereocenters. The first-order valence-electron chi connectivity index (χ1n) is 6.47. The minimum atomic E-state index is -2.52. The standard InChI is InChI=1S/C13H20F2N4O/c1-3-19(4-2)13(16)18-8-10-5-6-17-12(7-10)20-9-11(14)15/h5-7,11H,3-4,8-9H2,1-2H3,(H2,16,18). The van der Waals surface area contributed by atoms with Crippen LogP contribution < -0.4 is 10.5 Å². The van der Waals surface area contributed by atoms with Crippen LogP contribution in [0.2, 0.25) is 0 Å². The monoisotopic (exact) mass is 286 g/mol. The fourth-order valence-corrected chi connectivity index (χ4v) is 1.60. The fourth-order valence-electron chi connectivity index (χ4n) is 1.60. The van der Waals surface area contributed by atoms with Crippen molar-refractivity contribution >= 4 is 5.96 Å². The molecule has 1 aromatic heterocycles. The molecule has 0 spiro atoms. The van der Waals surface area contributed by atoms with E-state index in [1.165, 1.54) is 6.20 Å². The molecule has 1 aromatic rings. The van der Waals surface area contributed by atoms with Gasteiger partial charge in [-0.3, -0.25) is 0 Å². The van der Waals surface area contributed by atoms with Crippen LogP contribution >= 0.6 is 0 Å². The van der Waals surface area contributed by atoms with Gasteiger partial charge in [0.25, 0.3) is 6.43 Å². The number of aliphatic imine (C=N–C) groups is 1. The molecule has 2 N–H and O–H groups in total. The number of rotatable bonds is 7. The number of nitrogens with zero attached hydrogens (tertiary/aromatic N) is 3. The van der Waals surface area contributed by atoms with Gasteiger partial charge < -0.3 is 15.4 Å². The van der Waals surface area contributed by atoms with Crippen molar-refractivity contribution in [1.82, 2.24) is 9.88 Å². The summed E-state index contributed by atoms with van der Waals surface area (Å²) < 4.78 is 28.9. The van der Waals surface area contributed by atoms with Crippen LogP contribution in [0.25, 0.3) is 0 Å². The molecule has 0 aliphatic carbocycles. The lowest BCUT2D eigenvalue weighted by Crippen LogP contribution is -2.37. The Morgan fingerprint density at radius 2 is 2.15 bits per heavy atom. The van der Waals surface area contributed by atoms with Gasteiger partial charge in [-0.15, -0.1) is 0 Å². The van der Waals surface area contributed by atoms with Gasteiger partial charge in [0.15, 0.2) is 12.6 Å². The summed E-state index contributed by atoms with van der Waals surface area (Å²) in [4.78, 5) is 10.0. The molecule has 5 nitrogen and oxygen atoms in total. The first kappa shape index (κ1) is 16.1. The Kier molecular flexibility index (Phi) is 6.69. The molecule has 7 heteroatoms. The summed E-state index contributed by atoms with van der Waals surface area (Å²) in [5, 5.41) is 0. The van der Waals surface area contributed by atoms with E-state index >= 15 is 0 Å². The molecule has 0 bridgehead atoms. The Balaban J connectivity index is 2.64. The molecular weight excluding hydrogens is 266 g/mol. The molecule has 0 fully saturated rings. The third-order valence-corrected chi connectivity index (χ3v) is 2.67. The second kappa shape index (κ2) is 8.29. The van der Waals surface area contributed by atoms with Gasteiger partial charge in [0, 0.05) is 25.4 Å². The molecule has 1 heterocycles. The van der Waals surface area contributed by atoms with Crippen molar-refractivity contribution in [3.63, 3.8) is 0 Å². The van der Waals surface area contributed by atoms with Crippen LogP contribution in [-0.2, 0) is 6.54 Å². The maximum Gasteiger partial charge on any atom is 0.272 e. The Bertz CT molecular complexity index is 436. The largest absolute Gasteiger partial charge is 0.472 e. The highest BCUT2D eigenvalue weighted by Crippen LogP contribution is 2.11. The summed E-state index contributed by atoms with van der Waals surface area (Å²) in [6, 6.07) is 3.33. The van der Waals surface area contributed by atoms with Gasteiger partial charge in [-0.25, -0.2) is 18.8 Å². The highest BCUT2D eigenvalue weighted by atomic mass is 19.3. The predicted molar refractivity (Wildman–Crippen MR) is 74.0 cm³/mol. The second-order valence-corrected chi connectivity index (χ2v) is 4.05. The van der Waals surface area contributed by atoms with E-state index < -0.39 is 13.0 Å². The molecule has 0 saturated carbocycles. The number of hydrogen-bond acceptors (Lipinski definition) is 3. The van der Waals surface area contributed by atoms with Crippen molar-refractivity contribution in [3.8, 4) is 5.88 Å². The van der Waals surface area contributed by atoms with Gasteiger partial charge in [0.05, 0.1) is 6.54 Å². The zero-order valence-corrected chi connectivity index (χ0v) is 11.7. The van der Waals surface area contributed by atoms with E-state index in [4.69, 9.17) is 10.5 Å². The van der Waals surface area contributed by atoms with Gasteiger partial charge >= 0.3 is 0 Å². The molecule has 0 amide bonds. The molecule has 0 aliphatic heterocycles. The number of ether oxygens (including phenoxy) is 1. The quantitative estimate of drug-likeness (QED) is 0.614. The first-order chi connectivity index (χ1) is 9.56. The zero-order chi connectivity index (χ0) is 15.0. The van der Waals surface area contributed by atoms with Gasteiger partial charge in [-0.05, 0) is 25.5 Å². The van der Waals surface area contributed by atoms with E-state index in [2.05, 4.69) is 9.98 Å². The normalized spacial score (nSPS) is 11.8. The van der Waals surface area contributed by atoms with E-state index in [0.29, 0.717) is 12.5 Å². The van der Waals surface area contributed by atoms with Crippen molar-refractivity contribution in [2.24, 2.45) is 10.7 Å². The lowest BCUT2D eigenvalue weighted by Gasteiger charge is -2.19. The highest BCUT2D eigenvalue weighted by Gasteiger charge is 2.05. The number of aromatic nitrogens is 1. The van der Waals surface area contributed by atoms with E-state index in [0.717, 1.165) is 18.7 Å². The van der Waals surface area contributed by atoms with E-state index in [9.17, 15) is 8.78 Å². The molecule has 112 valence electrons. The van der Waals surface area contributed by atoms with Crippen LogP contribution in [0, 0.1) is 0 Å². The smallest absolute Gasteiger partial charge is 0.272 e. The minimum absolute atomic E-state index is 0.166. The van der Waals surface area contributed by atoms with Crippen molar-refractivity contribution in [2.45, 2.75) is 26.8 Å². The summed E-state index contributed by atoms with van der Waals surface area (Å²) in [5.74, 6) is 0.626. The predicted octanol–water partition coefficient (Wildman–Crippen LogP) is 1.88. The Labute approximate surface area is 117 Å². The fraction of sp³-hybridized carbons (Fsp3) is 0.538. The third kappa shape index (κ3) is 5.38.